The molecule has 0 unspecified atom stereocenters. The summed E-state index contributed by atoms with van der Waals surface area (Å²) in [6, 6.07) is 6.79. The van der Waals surface area contributed by atoms with Crippen LogP contribution in [0.1, 0.15) is 64.4 Å². The molecule has 1 fully saturated rings. The fourth-order valence-electron chi connectivity index (χ4n) is 3.21. The van der Waals surface area contributed by atoms with Crippen molar-refractivity contribution in [1.29, 1.82) is 0 Å². The van der Waals surface area contributed by atoms with Gasteiger partial charge < -0.3 is 8.92 Å². The molecule has 1 saturated carbocycles. The van der Waals surface area contributed by atoms with Gasteiger partial charge in [-0.2, -0.15) is 13.2 Å². The van der Waals surface area contributed by atoms with Crippen molar-refractivity contribution in [3.8, 4) is 5.75 Å². The molecule has 0 saturated heterocycles. The van der Waals surface area contributed by atoms with Crippen LogP contribution in [0.2, 0.25) is 0 Å². The largest absolute Gasteiger partial charge is 0.479 e. The van der Waals surface area contributed by atoms with Crippen molar-refractivity contribution >= 4 is 18.0 Å². The Morgan fingerprint density at radius 1 is 1.08 bits per heavy atom. The highest BCUT2D eigenvalue weighted by molar-refractivity contribution is 7.95. The quantitative estimate of drug-likeness (QED) is 0.440. The molecule has 146 valence electrons. The lowest BCUT2D eigenvalue weighted by atomic mass is 9.77. The summed E-state index contributed by atoms with van der Waals surface area (Å²) in [5.74, 6) is 0.750. The number of esters is 1. The van der Waals surface area contributed by atoms with Crippen molar-refractivity contribution in [2.75, 3.05) is 0 Å². The van der Waals surface area contributed by atoms with Gasteiger partial charge in [0.2, 0.25) is 0 Å². The highest BCUT2D eigenvalue weighted by atomic mass is 32.2. The number of hydrogen-bond acceptors (Lipinski definition) is 4. The minimum absolute atomic E-state index is 0.149. The molecule has 0 amide bonds. The van der Waals surface area contributed by atoms with E-state index in [9.17, 15) is 18.0 Å². The topological polar surface area (TPSA) is 35.5 Å². The summed E-state index contributed by atoms with van der Waals surface area (Å²) >= 11 is -0.506. The Hall–Kier alpha value is -1.37. The van der Waals surface area contributed by atoms with Crippen LogP contribution < -0.4 is 4.18 Å². The van der Waals surface area contributed by atoms with Crippen LogP contribution in [-0.4, -0.2) is 17.1 Å². The smallest absolute Gasteiger partial charge is 0.460 e. The summed E-state index contributed by atoms with van der Waals surface area (Å²) in [4.78, 5) is 11.9. The Bertz CT molecular complexity index is 586. The van der Waals surface area contributed by atoms with Gasteiger partial charge >= 0.3 is 11.5 Å². The van der Waals surface area contributed by atoms with Gasteiger partial charge in [-0.1, -0.05) is 12.1 Å². The third-order valence-electron chi connectivity index (χ3n) is 4.31. The summed E-state index contributed by atoms with van der Waals surface area (Å²) in [5.41, 5.74) is -3.77. The molecule has 7 heteroatoms. The predicted octanol–water partition coefficient (Wildman–Crippen LogP) is 6.24. The Morgan fingerprint density at radius 3 is 2.15 bits per heavy atom. The molecule has 1 aromatic carbocycles. The number of benzene rings is 1. The van der Waals surface area contributed by atoms with E-state index in [0.29, 0.717) is 18.3 Å². The number of halogens is 3. The number of hydrogen-bond donors (Lipinski definition) is 0. The Kier molecular flexibility index (Phi) is 6.88. The zero-order valence-corrected chi connectivity index (χ0v) is 16.1. The molecular formula is C19H25F3O3S. The molecule has 0 aromatic heterocycles. The first-order chi connectivity index (χ1) is 12.0. The van der Waals surface area contributed by atoms with Crippen molar-refractivity contribution in [1.82, 2.24) is 0 Å². The summed E-state index contributed by atoms with van der Waals surface area (Å²) in [5, 5.41) is 0. The van der Waals surface area contributed by atoms with Gasteiger partial charge in [-0.15, -0.1) is 0 Å². The standard InChI is InChI=1S/C19H25F3O3S/c1-18(2,3)24-17(23)12-13-4-6-14(7-5-13)15-8-10-16(11-9-15)25-26-19(20,21)22/h8-11,13-14H,4-7,12H2,1-3H3. The first-order valence-electron chi connectivity index (χ1n) is 8.76. The van der Waals surface area contributed by atoms with E-state index in [1.165, 1.54) is 0 Å². The van der Waals surface area contributed by atoms with Gasteiger partial charge in [0, 0.05) is 6.42 Å². The zero-order valence-electron chi connectivity index (χ0n) is 15.3. The van der Waals surface area contributed by atoms with Gasteiger partial charge in [-0.05, 0) is 76.0 Å². The molecule has 0 atom stereocenters. The van der Waals surface area contributed by atoms with E-state index in [0.717, 1.165) is 31.2 Å². The van der Waals surface area contributed by atoms with Gasteiger partial charge in [-0.25, -0.2) is 0 Å². The third-order valence-corrected chi connectivity index (χ3v) is 4.77. The van der Waals surface area contributed by atoms with E-state index in [2.05, 4.69) is 4.18 Å². The second kappa shape index (κ2) is 8.55. The van der Waals surface area contributed by atoms with E-state index >= 15 is 0 Å². The van der Waals surface area contributed by atoms with Crippen LogP contribution in [0, 0.1) is 5.92 Å². The van der Waals surface area contributed by atoms with Crippen molar-refractivity contribution in [3.05, 3.63) is 29.8 Å². The molecular weight excluding hydrogens is 365 g/mol. The maximum atomic E-state index is 12.1. The van der Waals surface area contributed by atoms with Gasteiger partial charge in [0.1, 0.15) is 11.4 Å². The summed E-state index contributed by atoms with van der Waals surface area (Å²) in [6.07, 6.45) is 4.28. The van der Waals surface area contributed by atoms with E-state index in [4.69, 9.17) is 4.74 Å². The normalized spacial score (nSPS) is 21.3. The van der Waals surface area contributed by atoms with E-state index < -0.39 is 23.2 Å². The maximum absolute atomic E-state index is 12.1. The fraction of sp³-hybridized carbons (Fsp3) is 0.632. The number of ether oxygens (including phenoxy) is 1. The molecule has 0 bridgehead atoms. The van der Waals surface area contributed by atoms with E-state index in [-0.39, 0.29) is 11.7 Å². The molecule has 3 nitrogen and oxygen atoms in total. The second-order valence-electron chi connectivity index (χ2n) is 7.69. The van der Waals surface area contributed by atoms with Crippen LogP contribution in [0.3, 0.4) is 0 Å². The first-order valence-corrected chi connectivity index (χ1v) is 9.50. The molecule has 1 aliphatic carbocycles. The molecule has 0 N–H and O–H groups in total. The Morgan fingerprint density at radius 2 is 1.65 bits per heavy atom. The molecule has 1 aromatic rings. The van der Waals surface area contributed by atoms with Crippen molar-refractivity contribution in [2.45, 2.75) is 69.9 Å². The van der Waals surface area contributed by atoms with Crippen LogP contribution in [0.4, 0.5) is 13.2 Å². The lowest BCUT2D eigenvalue weighted by Crippen LogP contribution is -2.26. The molecule has 0 aliphatic heterocycles. The monoisotopic (exact) mass is 390 g/mol. The maximum Gasteiger partial charge on any atom is 0.479 e. The first kappa shape index (κ1) is 20.9. The number of carbonyl (C=O) groups is 1. The van der Waals surface area contributed by atoms with Crippen LogP contribution in [0.5, 0.6) is 5.75 Å². The number of carbonyl (C=O) groups excluding carboxylic acids is 1. The lowest BCUT2D eigenvalue weighted by molar-refractivity contribution is -0.156. The molecule has 0 radical (unpaired) electrons. The van der Waals surface area contributed by atoms with Gasteiger partial charge in [0.25, 0.3) is 0 Å². The van der Waals surface area contributed by atoms with Gasteiger partial charge in [0.05, 0.1) is 0 Å². The Labute approximate surface area is 156 Å². The minimum Gasteiger partial charge on any atom is -0.460 e. The minimum atomic E-state index is -4.41. The highest BCUT2D eigenvalue weighted by Crippen LogP contribution is 2.38. The Balaban J connectivity index is 1.79. The van der Waals surface area contributed by atoms with Crippen LogP contribution >= 0.6 is 12.0 Å². The van der Waals surface area contributed by atoms with E-state index in [1.807, 2.05) is 32.9 Å². The average molecular weight is 390 g/mol. The second-order valence-corrected chi connectivity index (χ2v) is 8.49. The van der Waals surface area contributed by atoms with Crippen LogP contribution in [0.15, 0.2) is 24.3 Å². The predicted molar refractivity (Wildman–Crippen MR) is 95.9 cm³/mol. The molecule has 2 rings (SSSR count). The number of rotatable bonds is 5. The summed E-state index contributed by atoms with van der Waals surface area (Å²) in [7, 11) is 0. The molecule has 1 aliphatic rings. The zero-order chi connectivity index (χ0) is 19.4. The van der Waals surface area contributed by atoms with Crippen molar-refractivity contribution in [2.24, 2.45) is 5.92 Å². The third kappa shape index (κ3) is 7.48. The SMILES string of the molecule is CC(C)(C)OC(=O)CC1CCC(c2ccc(OSC(F)(F)F)cc2)CC1. The van der Waals surface area contributed by atoms with Crippen molar-refractivity contribution < 1.29 is 26.9 Å². The van der Waals surface area contributed by atoms with Gasteiger partial charge in [0.15, 0.2) is 12.0 Å². The highest BCUT2D eigenvalue weighted by Gasteiger charge is 2.31. The van der Waals surface area contributed by atoms with Crippen molar-refractivity contribution in [3.63, 3.8) is 0 Å². The molecule has 0 heterocycles. The fourth-order valence-corrected chi connectivity index (χ4v) is 3.51. The summed E-state index contributed by atoms with van der Waals surface area (Å²) < 4.78 is 46.4. The average Bonchev–Trinajstić information content (AvgIpc) is 2.52. The van der Waals surface area contributed by atoms with Crippen LogP contribution in [-0.2, 0) is 9.53 Å². The van der Waals surface area contributed by atoms with Gasteiger partial charge in [-0.3, -0.25) is 4.79 Å². The number of alkyl halides is 3. The van der Waals surface area contributed by atoms with Crippen LogP contribution in [0.25, 0.3) is 0 Å². The lowest BCUT2D eigenvalue weighted by Gasteiger charge is -2.29. The van der Waals surface area contributed by atoms with E-state index in [1.54, 1.807) is 12.1 Å². The molecule has 0 spiro atoms. The molecule has 26 heavy (non-hydrogen) atoms. The summed E-state index contributed by atoms with van der Waals surface area (Å²) in [6.45, 7) is 5.59.